The van der Waals surface area contributed by atoms with Crippen LogP contribution in [0.25, 0.3) is 0 Å². The molecule has 94 valence electrons. The van der Waals surface area contributed by atoms with Crippen molar-refractivity contribution >= 4 is 18.3 Å². The van der Waals surface area contributed by atoms with E-state index >= 15 is 0 Å². The topological polar surface area (TPSA) is 55.1 Å². The Morgan fingerprint density at radius 3 is 2.71 bits per heavy atom. The number of rotatable bonds is 6. The second-order valence-corrected chi connectivity index (χ2v) is 4.38. The standard InChI is InChI=1S/C13H18N2O.ClH/c14-13(16)7-4-8-15-12-9-11(12)10-5-2-1-3-6-10;/h1-3,5-6,11-12,15H,4,7-9H2,(H2,14,16);1H/t11?,12-;/m0./s1. The van der Waals surface area contributed by atoms with E-state index in [4.69, 9.17) is 5.73 Å². The molecular weight excluding hydrogens is 236 g/mol. The van der Waals surface area contributed by atoms with Gasteiger partial charge >= 0.3 is 0 Å². The summed E-state index contributed by atoms with van der Waals surface area (Å²) in [6.07, 6.45) is 2.53. The largest absolute Gasteiger partial charge is 0.370 e. The highest BCUT2D eigenvalue weighted by atomic mass is 35.5. The van der Waals surface area contributed by atoms with Gasteiger partial charge in [-0.05, 0) is 24.9 Å². The molecule has 1 fully saturated rings. The number of carbonyl (C=O) groups excluding carboxylic acids is 1. The lowest BCUT2D eigenvalue weighted by Crippen LogP contribution is -2.21. The fourth-order valence-corrected chi connectivity index (χ4v) is 2.04. The SMILES string of the molecule is Cl.NC(=O)CCCN[C@H]1CC1c1ccccc1. The van der Waals surface area contributed by atoms with Gasteiger partial charge < -0.3 is 11.1 Å². The first-order chi connectivity index (χ1) is 7.77. The van der Waals surface area contributed by atoms with Crippen molar-refractivity contribution in [2.75, 3.05) is 6.54 Å². The Morgan fingerprint density at radius 2 is 2.06 bits per heavy atom. The predicted octanol–water partition coefficient (Wildman–Crippen LogP) is 1.82. The Kier molecular flexibility index (Phi) is 5.45. The van der Waals surface area contributed by atoms with Crippen molar-refractivity contribution in [3.8, 4) is 0 Å². The van der Waals surface area contributed by atoms with Crippen LogP contribution in [-0.4, -0.2) is 18.5 Å². The number of carbonyl (C=O) groups is 1. The Bertz CT molecular complexity index is 356. The van der Waals surface area contributed by atoms with E-state index in [9.17, 15) is 4.79 Å². The molecule has 1 unspecified atom stereocenters. The summed E-state index contributed by atoms with van der Waals surface area (Å²) in [5, 5.41) is 3.45. The predicted molar refractivity (Wildman–Crippen MR) is 71.3 cm³/mol. The first-order valence-corrected chi connectivity index (χ1v) is 5.84. The van der Waals surface area contributed by atoms with E-state index in [0.717, 1.165) is 13.0 Å². The zero-order chi connectivity index (χ0) is 11.4. The first kappa shape index (κ1) is 14.0. The average molecular weight is 255 g/mol. The molecule has 3 nitrogen and oxygen atoms in total. The van der Waals surface area contributed by atoms with E-state index in [-0.39, 0.29) is 18.3 Å². The van der Waals surface area contributed by atoms with Crippen LogP contribution in [0.4, 0.5) is 0 Å². The molecular formula is C13H19ClN2O. The first-order valence-electron chi connectivity index (χ1n) is 5.84. The number of amides is 1. The van der Waals surface area contributed by atoms with Gasteiger partial charge in [-0.3, -0.25) is 4.79 Å². The Balaban J connectivity index is 0.00000144. The van der Waals surface area contributed by atoms with Gasteiger partial charge in [0, 0.05) is 18.4 Å². The number of primary amides is 1. The quantitative estimate of drug-likeness (QED) is 0.761. The van der Waals surface area contributed by atoms with Gasteiger partial charge in [-0.25, -0.2) is 0 Å². The van der Waals surface area contributed by atoms with Crippen molar-refractivity contribution in [2.45, 2.75) is 31.2 Å². The third-order valence-electron chi connectivity index (χ3n) is 3.02. The van der Waals surface area contributed by atoms with Crippen LogP contribution >= 0.6 is 12.4 Å². The number of hydrogen-bond donors (Lipinski definition) is 2. The van der Waals surface area contributed by atoms with Crippen LogP contribution in [0.3, 0.4) is 0 Å². The lowest BCUT2D eigenvalue weighted by Gasteiger charge is -2.03. The summed E-state index contributed by atoms with van der Waals surface area (Å²) in [6, 6.07) is 11.2. The van der Waals surface area contributed by atoms with Crippen molar-refractivity contribution in [3.63, 3.8) is 0 Å². The van der Waals surface area contributed by atoms with E-state index in [1.807, 2.05) is 6.07 Å². The molecule has 1 saturated carbocycles. The number of nitrogens with two attached hydrogens (primary N) is 1. The van der Waals surface area contributed by atoms with E-state index < -0.39 is 0 Å². The molecule has 17 heavy (non-hydrogen) atoms. The minimum absolute atomic E-state index is 0. The molecule has 3 N–H and O–H groups in total. The van der Waals surface area contributed by atoms with Crippen molar-refractivity contribution in [2.24, 2.45) is 5.73 Å². The molecule has 0 heterocycles. The van der Waals surface area contributed by atoms with Gasteiger partial charge in [0.1, 0.15) is 0 Å². The van der Waals surface area contributed by atoms with Gasteiger partial charge in [0.05, 0.1) is 0 Å². The van der Waals surface area contributed by atoms with Gasteiger partial charge in [-0.1, -0.05) is 30.3 Å². The Hall–Kier alpha value is -1.06. The summed E-state index contributed by atoms with van der Waals surface area (Å²) in [5.41, 5.74) is 6.49. The average Bonchev–Trinajstić information content (AvgIpc) is 3.05. The highest BCUT2D eigenvalue weighted by molar-refractivity contribution is 5.85. The van der Waals surface area contributed by atoms with Gasteiger partial charge in [-0.2, -0.15) is 0 Å². The fraction of sp³-hybridized carbons (Fsp3) is 0.462. The lowest BCUT2D eigenvalue weighted by molar-refractivity contribution is -0.118. The molecule has 2 rings (SSSR count). The van der Waals surface area contributed by atoms with Crippen molar-refractivity contribution in [1.82, 2.24) is 5.32 Å². The zero-order valence-corrected chi connectivity index (χ0v) is 10.6. The summed E-state index contributed by atoms with van der Waals surface area (Å²) < 4.78 is 0. The van der Waals surface area contributed by atoms with Crippen LogP contribution < -0.4 is 11.1 Å². The summed E-state index contributed by atoms with van der Waals surface area (Å²) in [6.45, 7) is 0.886. The number of nitrogens with one attached hydrogen (secondary N) is 1. The van der Waals surface area contributed by atoms with Gasteiger partial charge in [0.25, 0.3) is 0 Å². The van der Waals surface area contributed by atoms with Crippen LogP contribution in [-0.2, 0) is 4.79 Å². The second kappa shape index (κ2) is 6.62. The normalized spacial score (nSPS) is 21.6. The van der Waals surface area contributed by atoms with Crippen molar-refractivity contribution in [3.05, 3.63) is 35.9 Å². The van der Waals surface area contributed by atoms with Crippen LogP contribution in [0.15, 0.2) is 30.3 Å². The third-order valence-corrected chi connectivity index (χ3v) is 3.02. The molecule has 0 radical (unpaired) electrons. The monoisotopic (exact) mass is 254 g/mol. The molecule has 0 saturated heterocycles. The highest BCUT2D eigenvalue weighted by Crippen LogP contribution is 2.40. The Morgan fingerprint density at radius 1 is 1.35 bits per heavy atom. The number of halogens is 1. The summed E-state index contributed by atoms with van der Waals surface area (Å²) in [4.78, 5) is 10.5. The maximum atomic E-state index is 10.5. The van der Waals surface area contributed by atoms with E-state index in [0.29, 0.717) is 18.4 Å². The molecule has 2 atom stereocenters. The molecule has 0 bridgehead atoms. The summed E-state index contributed by atoms with van der Waals surface area (Å²) in [7, 11) is 0. The maximum Gasteiger partial charge on any atom is 0.217 e. The smallest absolute Gasteiger partial charge is 0.217 e. The van der Waals surface area contributed by atoms with Crippen molar-refractivity contribution < 1.29 is 4.79 Å². The van der Waals surface area contributed by atoms with E-state index in [1.54, 1.807) is 0 Å². The van der Waals surface area contributed by atoms with E-state index in [1.165, 1.54) is 12.0 Å². The third kappa shape index (κ3) is 4.36. The van der Waals surface area contributed by atoms with Gasteiger partial charge in [0.15, 0.2) is 0 Å². The van der Waals surface area contributed by atoms with E-state index in [2.05, 4.69) is 29.6 Å². The minimum Gasteiger partial charge on any atom is -0.370 e. The lowest BCUT2D eigenvalue weighted by atomic mass is 10.1. The zero-order valence-electron chi connectivity index (χ0n) is 9.76. The maximum absolute atomic E-state index is 10.5. The van der Waals surface area contributed by atoms with Crippen LogP contribution in [0.2, 0.25) is 0 Å². The fourth-order valence-electron chi connectivity index (χ4n) is 2.04. The molecule has 1 aliphatic rings. The second-order valence-electron chi connectivity index (χ2n) is 4.38. The molecule has 0 spiro atoms. The Labute approximate surface area is 108 Å². The highest BCUT2D eigenvalue weighted by Gasteiger charge is 2.37. The minimum atomic E-state index is -0.211. The summed E-state index contributed by atoms with van der Waals surface area (Å²) >= 11 is 0. The van der Waals surface area contributed by atoms with Crippen LogP contribution in [0.1, 0.15) is 30.7 Å². The van der Waals surface area contributed by atoms with Gasteiger partial charge in [0.2, 0.25) is 5.91 Å². The van der Waals surface area contributed by atoms with Crippen LogP contribution in [0.5, 0.6) is 0 Å². The van der Waals surface area contributed by atoms with Crippen molar-refractivity contribution in [1.29, 1.82) is 0 Å². The molecule has 1 aromatic carbocycles. The molecule has 0 aliphatic heterocycles. The molecule has 1 aliphatic carbocycles. The number of hydrogen-bond acceptors (Lipinski definition) is 2. The van der Waals surface area contributed by atoms with Gasteiger partial charge in [-0.15, -0.1) is 12.4 Å². The summed E-state index contributed by atoms with van der Waals surface area (Å²) in [5.74, 6) is 0.451. The number of benzene rings is 1. The molecule has 1 aromatic rings. The molecule has 1 amide bonds. The molecule has 0 aromatic heterocycles. The molecule has 4 heteroatoms. The van der Waals surface area contributed by atoms with Crippen LogP contribution in [0, 0.1) is 0 Å².